The molecule has 0 spiro atoms. The lowest BCUT2D eigenvalue weighted by Crippen LogP contribution is -2.13. The third-order valence-electron chi connectivity index (χ3n) is 2.03. The Hall–Kier alpha value is -1.31. The van der Waals surface area contributed by atoms with E-state index < -0.39 is 5.91 Å². The molecule has 1 heterocycles. The van der Waals surface area contributed by atoms with Gasteiger partial charge in [0.15, 0.2) is 4.34 Å². The molecule has 0 saturated carbocycles. The smallest absolute Gasteiger partial charge is 0.249 e. The molecule has 2 rings (SSSR count). The molecule has 0 unspecified atom stereocenters. The maximum atomic E-state index is 11.4. The first-order chi connectivity index (χ1) is 8.47. The molecule has 1 aromatic heterocycles. The zero-order valence-corrected chi connectivity index (χ0v) is 11.7. The number of hydrogen-bond donors (Lipinski definition) is 2. The van der Waals surface area contributed by atoms with E-state index in [2.05, 4.69) is 10.2 Å². The second-order valence-electron chi connectivity index (χ2n) is 3.43. The third-order valence-corrected chi connectivity index (χ3v) is 4.47. The molecule has 0 aliphatic rings. The summed E-state index contributed by atoms with van der Waals surface area (Å²) in [6.07, 6.45) is 0. The molecule has 4 N–H and O–H groups in total. The van der Waals surface area contributed by atoms with Crippen LogP contribution in [0.25, 0.3) is 0 Å². The number of rotatable bonds is 3. The topological polar surface area (TPSA) is 94.9 Å². The Bertz CT molecular complexity index is 614. The molecule has 1 amide bonds. The molecule has 18 heavy (non-hydrogen) atoms. The standard InChI is InChI=1S/C10H9ClN4OS2/c1-4-14-15-10(17-4)18-8-6(9(13)16)2-5(12)3-7(8)11/h2-3H,12H2,1H3,(H2,13,16). The summed E-state index contributed by atoms with van der Waals surface area (Å²) < 4.78 is 0.696. The Kier molecular flexibility index (Phi) is 3.74. The lowest BCUT2D eigenvalue weighted by atomic mass is 10.2. The summed E-state index contributed by atoms with van der Waals surface area (Å²) in [6, 6.07) is 3.08. The number of nitrogens with two attached hydrogens (primary N) is 2. The first-order valence-electron chi connectivity index (χ1n) is 4.84. The molecule has 2 aromatic rings. The maximum Gasteiger partial charge on any atom is 0.249 e. The first-order valence-corrected chi connectivity index (χ1v) is 6.85. The van der Waals surface area contributed by atoms with E-state index in [0.717, 1.165) is 5.01 Å². The second-order valence-corrected chi connectivity index (χ2v) is 6.28. The van der Waals surface area contributed by atoms with E-state index in [0.29, 0.717) is 19.9 Å². The summed E-state index contributed by atoms with van der Waals surface area (Å²) in [7, 11) is 0. The molecule has 0 aliphatic heterocycles. The van der Waals surface area contributed by atoms with Gasteiger partial charge in [0.1, 0.15) is 5.01 Å². The molecule has 0 fully saturated rings. The summed E-state index contributed by atoms with van der Waals surface area (Å²) in [5, 5.41) is 9.08. The zero-order valence-electron chi connectivity index (χ0n) is 9.31. The normalized spacial score (nSPS) is 10.6. The fraction of sp³-hybridized carbons (Fsp3) is 0.100. The number of aryl methyl sites for hydroxylation is 1. The van der Waals surface area contributed by atoms with E-state index in [-0.39, 0.29) is 5.56 Å². The van der Waals surface area contributed by atoms with Crippen LogP contribution in [0.3, 0.4) is 0 Å². The van der Waals surface area contributed by atoms with Gasteiger partial charge in [-0.25, -0.2) is 0 Å². The van der Waals surface area contributed by atoms with Crippen molar-refractivity contribution >= 4 is 46.3 Å². The minimum atomic E-state index is -0.576. The molecule has 0 radical (unpaired) electrons. The number of primary amides is 1. The minimum Gasteiger partial charge on any atom is -0.399 e. The zero-order chi connectivity index (χ0) is 13.3. The van der Waals surface area contributed by atoms with Gasteiger partial charge in [-0.2, -0.15) is 0 Å². The van der Waals surface area contributed by atoms with E-state index in [1.807, 2.05) is 6.92 Å². The molecular formula is C10H9ClN4OS2. The van der Waals surface area contributed by atoms with Crippen LogP contribution < -0.4 is 11.5 Å². The van der Waals surface area contributed by atoms with Crippen molar-refractivity contribution in [2.45, 2.75) is 16.2 Å². The molecule has 94 valence electrons. The predicted molar refractivity (Wildman–Crippen MR) is 73.2 cm³/mol. The number of hydrogen-bond acceptors (Lipinski definition) is 6. The average molecular weight is 301 g/mol. The van der Waals surface area contributed by atoms with Crippen LogP contribution in [-0.4, -0.2) is 16.1 Å². The number of benzene rings is 1. The highest BCUT2D eigenvalue weighted by Crippen LogP contribution is 2.38. The third kappa shape index (κ3) is 2.74. The number of nitrogen functional groups attached to an aromatic ring is 1. The van der Waals surface area contributed by atoms with Crippen molar-refractivity contribution in [3.05, 3.63) is 27.7 Å². The summed E-state index contributed by atoms with van der Waals surface area (Å²) in [5.74, 6) is -0.576. The van der Waals surface area contributed by atoms with Crippen LogP contribution in [0.15, 0.2) is 21.4 Å². The van der Waals surface area contributed by atoms with Gasteiger partial charge < -0.3 is 11.5 Å². The number of amides is 1. The molecule has 1 aromatic carbocycles. The number of aromatic nitrogens is 2. The van der Waals surface area contributed by atoms with Gasteiger partial charge in [-0.15, -0.1) is 10.2 Å². The van der Waals surface area contributed by atoms with Crippen molar-refractivity contribution in [1.29, 1.82) is 0 Å². The monoisotopic (exact) mass is 300 g/mol. The number of carbonyl (C=O) groups excluding carboxylic acids is 1. The minimum absolute atomic E-state index is 0.290. The first kappa shape index (κ1) is 13.1. The molecule has 8 heteroatoms. The van der Waals surface area contributed by atoms with Crippen LogP contribution >= 0.6 is 34.7 Å². The Morgan fingerprint density at radius 2 is 2.17 bits per heavy atom. The molecule has 0 aliphatic carbocycles. The summed E-state index contributed by atoms with van der Waals surface area (Å²) in [6.45, 7) is 1.85. The summed E-state index contributed by atoms with van der Waals surface area (Å²) >= 11 is 8.75. The van der Waals surface area contributed by atoms with Gasteiger partial charge in [-0.3, -0.25) is 4.79 Å². The summed E-state index contributed by atoms with van der Waals surface area (Å²) in [4.78, 5) is 11.9. The molecule has 5 nitrogen and oxygen atoms in total. The Labute approximate surface area is 117 Å². The van der Waals surface area contributed by atoms with Gasteiger partial charge >= 0.3 is 0 Å². The number of anilines is 1. The van der Waals surface area contributed by atoms with E-state index in [1.165, 1.54) is 29.2 Å². The van der Waals surface area contributed by atoms with Crippen molar-refractivity contribution in [3.8, 4) is 0 Å². The lowest BCUT2D eigenvalue weighted by molar-refractivity contribution is 0.0997. The molecule has 0 saturated heterocycles. The average Bonchev–Trinajstić information content (AvgIpc) is 2.67. The Morgan fingerprint density at radius 3 is 2.72 bits per heavy atom. The summed E-state index contributed by atoms with van der Waals surface area (Å²) in [5.41, 5.74) is 11.6. The maximum absolute atomic E-state index is 11.4. The van der Waals surface area contributed by atoms with Crippen LogP contribution in [0, 0.1) is 6.92 Å². The van der Waals surface area contributed by atoms with Crippen molar-refractivity contribution in [2.24, 2.45) is 5.73 Å². The van der Waals surface area contributed by atoms with E-state index in [9.17, 15) is 4.79 Å². The van der Waals surface area contributed by atoms with Crippen molar-refractivity contribution in [3.63, 3.8) is 0 Å². The SMILES string of the molecule is Cc1nnc(Sc2c(Cl)cc(N)cc2C(N)=O)s1. The Morgan fingerprint density at radius 1 is 1.44 bits per heavy atom. The van der Waals surface area contributed by atoms with Gasteiger partial charge in [0, 0.05) is 10.6 Å². The molecular weight excluding hydrogens is 292 g/mol. The van der Waals surface area contributed by atoms with Gasteiger partial charge in [-0.1, -0.05) is 34.7 Å². The Balaban J connectivity index is 2.46. The van der Waals surface area contributed by atoms with E-state index in [4.69, 9.17) is 23.1 Å². The largest absolute Gasteiger partial charge is 0.399 e. The van der Waals surface area contributed by atoms with Crippen LogP contribution in [0.5, 0.6) is 0 Å². The number of halogens is 1. The van der Waals surface area contributed by atoms with Gasteiger partial charge in [0.25, 0.3) is 0 Å². The van der Waals surface area contributed by atoms with Crippen LogP contribution in [-0.2, 0) is 0 Å². The highest BCUT2D eigenvalue weighted by Gasteiger charge is 2.16. The number of nitrogens with zero attached hydrogens (tertiary/aromatic N) is 2. The van der Waals surface area contributed by atoms with Crippen molar-refractivity contribution < 1.29 is 4.79 Å². The highest BCUT2D eigenvalue weighted by atomic mass is 35.5. The molecule has 0 atom stereocenters. The predicted octanol–water partition coefficient (Wildman–Crippen LogP) is 2.33. The van der Waals surface area contributed by atoms with Gasteiger partial charge in [0.2, 0.25) is 5.91 Å². The van der Waals surface area contributed by atoms with Crippen LogP contribution in [0.4, 0.5) is 5.69 Å². The quantitative estimate of drug-likeness (QED) is 0.848. The van der Waals surface area contributed by atoms with Gasteiger partial charge in [-0.05, 0) is 19.1 Å². The van der Waals surface area contributed by atoms with Crippen LogP contribution in [0.1, 0.15) is 15.4 Å². The van der Waals surface area contributed by atoms with Crippen molar-refractivity contribution in [2.75, 3.05) is 5.73 Å². The van der Waals surface area contributed by atoms with Gasteiger partial charge in [0.05, 0.1) is 10.6 Å². The van der Waals surface area contributed by atoms with Crippen LogP contribution in [0.2, 0.25) is 5.02 Å². The van der Waals surface area contributed by atoms with Crippen molar-refractivity contribution in [1.82, 2.24) is 10.2 Å². The highest BCUT2D eigenvalue weighted by molar-refractivity contribution is 8.01. The second kappa shape index (κ2) is 5.13. The lowest BCUT2D eigenvalue weighted by Gasteiger charge is -2.08. The number of carbonyl (C=O) groups is 1. The molecule has 0 bridgehead atoms. The van der Waals surface area contributed by atoms with E-state index in [1.54, 1.807) is 6.07 Å². The fourth-order valence-electron chi connectivity index (χ4n) is 1.31. The fourth-order valence-corrected chi connectivity index (χ4v) is 3.53. The van der Waals surface area contributed by atoms with E-state index >= 15 is 0 Å².